The smallest absolute Gasteiger partial charge is 0.0200 e. The first-order chi connectivity index (χ1) is 7.39. The summed E-state index contributed by atoms with van der Waals surface area (Å²) < 4.78 is 0. The Labute approximate surface area is 99.0 Å². The monoisotopic (exact) mass is 217 g/mol. The number of hydrogen-bond donors (Lipinski definition) is 1. The molecule has 0 aromatic heterocycles. The predicted octanol–water partition coefficient (Wildman–Crippen LogP) is 3.45. The van der Waals surface area contributed by atoms with Crippen molar-refractivity contribution in [3.05, 3.63) is 35.4 Å². The van der Waals surface area contributed by atoms with Crippen molar-refractivity contribution >= 4 is 0 Å². The van der Waals surface area contributed by atoms with Crippen molar-refractivity contribution in [3.63, 3.8) is 0 Å². The molecule has 1 heteroatoms. The highest BCUT2D eigenvalue weighted by Gasteiger charge is 2.40. The van der Waals surface area contributed by atoms with E-state index in [0.29, 0.717) is 5.41 Å². The molecule has 0 radical (unpaired) electrons. The van der Waals surface area contributed by atoms with E-state index in [2.05, 4.69) is 45.0 Å². The Morgan fingerprint density at radius 3 is 2.56 bits per heavy atom. The molecular formula is C15H23N. The van der Waals surface area contributed by atoms with Crippen molar-refractivity contribution in [2.75, 3.05) is 0 Å². The SMILES string of the molecule is Cc1cccc(CC2(N)CCC(C)(C)C2)c1. The molecule has 2 N–H and O–H groups in total. The molecule has 88 valence electrons. The average molecular weight is 217 g/mol. The second-order valence-corrected chi connectivity index (χ2v) is 6.37. The van der Waals surface area contributed by atoms with Crippen molar-refractivity contribution in [3.8, 4) is 0 Å². The third-order valence-electron chi connectivity index (χ3n) is 3.77. The molecule has 16 heavy (non-hydrogen) atoms. The molecule has 0 spiro atoms. The first kappa shape index (κ1) is 11.7. The maximum Gasteiger partial charge on any atom is 0.0200 e. The third kappa shape index (κ3) is 2.65. The minimum Gasteiger partial charge on any atom is -0.325 e. The van der Waals surface area contributed by atoms with E-state index in [1.165, 1.54) is 17.5 Å². The highest BCUT2D eigenvalue weighted by molar-refractivity contribution is 5.24. The van der Waals surface area contributed by atoms with E-state index in [9.17, 15) is 0 Å². The van der Waals surface area contributed by atoms with Gasteiger partial charge in [-0.1, -0.05) is 43.7 Å². The molecule has 1 aromatic rings. The van der Waals surface area contributed by atoms with E-state index in [1.54, 1.807) is 0 Å². The second-order valence-electron chi connectivity index (χ2n) is 6.37. The van der Waals surface area contributed by atoms with Crippen molar-refractivity contribution < 1.29 is 0 Å². The number of rotatable bonds is 2. The Bertz CT molecular complexity index is 381. The topological polar surface area (TPSA) is 26.0 Å². The molecule has 0 saturated heterocycles. The van der Waals surface area contributed by atoms with Crippen LogP contribution in [0.4, 0.5) is 0 Å². The zero-order valence-corrected chi connectivity index (χ0v) is 10.7. The molecular weight excluding hydrogens is 194 g/mol. The lowest BCUT2D eigenvalue weighted by molar-refractivity contribution is 0.334. The first-order valence-electron chi connectivity index (χ1n) is 6.23. The summed E-state index contributed by atoms with van der Waals surface area (Å²) in [7, 11) is 0. The van der Waals surface area contributed by atoms with Gasteiger partial charge in [0.25, 0.3) is 0 Å². The van der Waals surface area contributed by atoms with Crippen LogP contribution in [0.15, 0.2) is 24.3 Å². The Morgan fingerprint density at radius 1 is 1.25 bits per heavy atom. The van der Waals surface area contributed by atoms with Crippen LogP contribution in [-0.4, -0.2) is 5.54 Å². The molecule has 1 nitrogen and oxygen atoms in total. The number of aryl methyl sites for hydroxylation is 1. The second kappa shape index (κ2) is 3.89. The van der Waals surface area contributed by atoms with E-state index >= 15 is 0 Å². The largest absolute Gasteiger partial charge is 0.325 e. The molecule has 1 unspecified atom stereocenters. The molecule has 0 aliphatic heterocycles. The van der Waals surface area contributed by atoms with Crippen molar-refractivity contribution in [1.82, 2.24) is 0 Å². The zero-order valence-electron chi connectivity index (χ0n) is 10.7. The number of nitrogens with two attached hydrogens (primary N) is 1. The molecule has 0 bridgehead atoms. The molecule has 0 amide bonds. The third-order valence-corrected chi connectivity index (χ3v) is 3.77. The number of hydrogen-bond acceptors (Lipinski definition) is 1. The number of benzene rings is 1. The van der Waals surface area contributed by atoms with Crippen LogP contribution in [0.3, 0.4) is 0 Å². The molecule has 1 saturated carbocycles. The molecule has 1 aromatic carbocycles. The summed E-state index contributed by atoms with van der Waals surface area (Å²) in [4.78, 5) is 0. The van der Waals surface area contributed by atoms with Crippen LogP contribution in [0.2, 0.25) is 0 Å². The lowest BCUT2D eigenvalue weighted by Gasteiger charge is -2.26. The minimum absolute atomic E-state index is 0.0251. The molecule has 0 heterocycles. The van der Waals surface area contributed by atoms with Crippen LogP contribution < -0.4 is 5.73 Å². The summed E-state index contributed by atoms with van der Waals surface area (Å²) in [6.45, 7) is 6.81. The van der Waals surface area contributed by atoms with E-state index < -0.39 is 0 Å². The maximum absolute atomic E-state index is 6.52. The predicted molar refractivity (Wildman–Crippen MR) is 69.4 cm³/mol. The lowest BCUT2D eigenvalue weighted by Crippen LogP contribution is -2.40. The lowest BCUT2D eigenvalue weighted by atomic mass is 9.84. The highest BCUT2D eigenvalue weighted by Crippen LogP contribution is 2.43. The van der Waals surface area contributed by atoms with Gasteiger partial charge in [-0.25, -0.2) is 0 Å². The van der Waals surface area contributed by atoms with Crippen LogP contribution in [0.1, 0.15) is 44.2 Å². The van der Waals surface area contributed by atoms with Gasteiger partial charge in [0.2, 0.25) is 0 Å². The van der Waals surface area contributed by atoms with Crippen molar-refractivity contribution in [2.24, 2.45) is 11.1 Å². The van der Waals surface area contributed by atoms with Crippen molar-refractivity contribution in [2.45, 2.75) is 52.0 Å². The fourth-order valence-electron chi connectivity index (χ4n) is 3.10. The Morgan fingerprint density at radius 2 is 2.00 bits per heavy atom. The van der Waals surface area contributed by atoms with Gasteiger partial charge in [-0.2, -0.15) is 0 Å². The Balaban J connectivity index is 2.10. The minimum atomic E-state index is 0.0251. The Kier molecular flexibility index (Phi) is 2.83. The van der Waals surface area contributed by atoms with Gasteiger partial charge in [-0.05, 0) is 43.6 Å². The van der Waals surface area contributed by atoms with Gasteiger partial charge in [0.05, 0.1) is 0 Å². The van der Waals surface area contributed by atoms with Gasteiger partial charge in [0.1, 0.15) is 0 Å². The van der Waals surface area contributed by atoms with Crippen LogP contribution in [0.5, 0.6) is 0 Å². The van der Waals surface area contributed by atoms with Gasteiger partial charge in [-0.3, -0.25) is 0 Å². The van der Waals surface area contributed by atoms with Gasteiger partial charge < -0.3 is 5.73 Å². The standard InChI is InChI=1S/C15H23N/c1-12-5-4-6-13(9-12)10-15(16)8-7-14(2,3)11-15/h4-6,9H,7-8,10-11,16H2,1-3H3. The van der Waals surface area contributed by atoms with Gasteiger partial charge in [-0.15, -0.1) is 0 Å². The van der Waals surface area contributed by atoms with E-state index in [1.807, 2.05) is 0 Å². The zero-order chi connectivity index (χ0) is 11.8. The normalized spacial score (nSPS) is 28.2. The highest BCUT2D eigenvalue weighted by atomic mass is 14.8. The molecule has 1 fully saturated rings. The average Bonchev–Trinajstić information content (AvgIpc) is 2.40. The molecule has 1 aliphatic rings. The quantitative estimate of drug-likeness (QED) is 0.806. The fraction of sp³-hybridized carbons (Fsp3) is 0.600. The molecule has 1 aliphatic carbocycles. The molecule has 2 rings (SSSR count). The fourth-order valence-corrected chi connectivity index (χ4v) is 3.10. The molecule has 1 atom stereocenters. The summed E-state index contributed by atoms with van der Waals surface area (Å²) in [5.74, 6) is 0. The van der Waals surface area contributed by atoms with Gasteiger partial charge in [0, 0.05) is 5.54 Å². The van der Waals surface area contributed by atoms with Crippen LogP contribution in [0, 0.1) is 12.3 Å². The van der Waals surface area contributed by atoms with Gasteiger partial charge in [0.15, 0.2) is 0 Å². The van der Waals surface area contributed by atoms with E-state index in [-0.39, 0.29) is 5.54 Å². The van der Waals surface area contributed by atoms with Crippen LogP contribution in [-0.2, 0) is 6.42 Å². The van der Waals surface area contributed by atoms with Crippen molar-refractivity contribution in [1.29, 1.82) is 0 Å². The summed E-state index contributed by atoms with van der Waals surface area (Å²) in [6.07, 6.45) is 4.59. The van der Waals surface area contributed by atoms with Crippen LogP contribution in [0.25, 0.3) is 0 Å². The van der Waals surface area contributed by atoms with E-state index in [4.69, 9.17) is 5.73 Å². The summed E-state index contributed by atoms with van der Waals surface area (Å²) in [5.41, 5.74) is 9.69. The van der Waals surface area contributed by atoms with E-state index in [0.717, 1.165) is 19.3 Å². The van der Waals surface area contributed by atoms with Gasteiger partial charge >= 0.3 is 0 Å². The maximum atomic E-state index is 6.52. The summed E-state index contributed by atoms with van der Waals surface area (Å²) in [5, 5.41) is 0. The van der Waals surface area contributed by atoms with Crippen LogP contribution >= 0.6 is 0 Å². The summed E-state index contributed by atoms with van der Waals surface area (Å²) in [6, 6.07) is 8.74. The Hall–Kier alpha value is -0.820. The first-order valence-corrected chi connectivity index (χ1v) is 6.23. The summed E-state index contributed by atoms with van der Waals surface area (Å²) >= 11 is 0.